The van der Waals surface area contributed by atoms with Crippen LogP contribution in [0.5, 0.6) is 17.2 Å². The van der Waals surface area contributed by atoms with E-state index in [-0.39, 0.29) is 30.8 Å². The Morgan fingerprint density at radius 1 is 0.976 bits per heavy atom. The van der Waals surface area contributed by atoms with E-state index in [1.165, 1.54) is 13.3 Å². The summed E-state index contributed by atoms with van der Waals surface area (Å²) >= 11 is 0. The van der Waals surface area contributed by atoms with Crippen molar-refractivity contribution in [3.63, 3.8) is 0 Å². The number of nitrogens with one attached hydrogen (secondary N) is 1. The average Bonchev–Trinajstić information content (AvgIpc) is 3.57. The molecule has 0 spiro atoms. The molecule has 1 N–H and O–H groups in total. The highest BCUT2D eigenvalue weighted by Gasteiger charge is 2.15. The van der Waals surface area contributed by atoms with Crippen LogP contribution in [0.2, 0.25) is 0 Å². The zero-order valence-corrected chi connectivity index (χ0v) is 23.7. The Morgan fingerprint density at radius 3 is 2.39 bits per heavy atom. The maximum atomic E-state index is 12.6. The fourth-order valence-electron chi connectivity index (χ4n) is 4.09. The third kappa shape index (κ3) is 7.57. The van der Waals surface area contributed by atoms with Gasteiger partial charge in [0.25, 0.3) is 0 Å². The van der Waals surface area contributed by atoms with Crippen LogP contribution in [0.4, 0.5) is 0 Å². The number of hydrazone groups is 1. The van der Waals surface area contributed by atoms with Crippen LogP contribution in [0.15, 0.2) is 76.2 Å². The minimum Gasteiger partial charge on any atom is -0.493 e. The Balaban J connectivity index is 1.32. The van der Waals surface area contributed by atoms with E-state index in [1.807, 2.05) is 24.3 Å². The Morgan fingerprint density at radius 2 is 1.71 bits per heavy atom. The molecular weight excluding hydrogens is 526 g/mol. The standard InChI is InChI=1S/C31H33N3O7/c1-20(2)40-29(35)19-39-30-23(7-6-8-27(30)37-5)17-32-33-31(36)28-16-15-26(41-28)18-38-25-13-11-24(12-14-25)34-21(3)9-10-22(34)4/h6-17,20H,18-19H2,1-5H3,(H,33,36). The largest absolute Gasteiger partial charge is 0.493 e. The SMILES string of the molecule is COc1cccc(C=NNC(=O)c2ccc(COc3ccc(-n4c(C)ccc4C)cc3)o2)c1OCC(=O)OC(C)C. The Labute approximate surface area is 238 Å². The topological polar surface area (TPSA) is 114 Å². The van der Waals surface area contributed by atoms with Gasteiger partial charge in [0.15, 0.2) is 23.9 Å². The third-order valence-corrected chi connectivity index (χ3v) is 5.93. The smallest absolute Gasteiger partial charge is 0.344 e. The van der Waals surface area contributed by atoms with E-state index in [0.717, 1.165) is 17.1 Å². The molecule has 4 aromatic rings. The number of rotatable bonds is 12. The van der Waals surface area contributed by atoms with Crippen molar-refractivity contribution in [1.82, 2.24) is 9.99 Å². The number of amides is 1. The van der Waals surface area contributed by atoms with Crippen LogP contribution in [0, 0.1) is 13.8 Å². The fourth-order valence-corrected chi connectivity index (χ4v) is 4.09. The van der Waals surface area contributed by atoms with Crippen LogP contribution in [0.1, 0.15) is 47.1 Å². The van der Waals surface area contributed by atoms with Gasteiger partial charge in [-0.3, -0.25) is 4.79 Å². The van der Waals surface area contributed by atoms with Crippen molar-refractivity contribution in [3.8, 4) is 22.9 Å². The minimum absolute atomic E-state index is 0.0770. The van der Waals surface area contributed by atoms with E-state index in [9.17, 15) is 9.59 Å². The summed E-state index contributed by atoms with van der Waals surface area (Å²) in [7, 11) is 1.48. The lowest BCUT2D eigenvalue weighted by atomic mass is 10.2. The highest BCUT2D eigenvalue weighted by molar-refractivity contribution is 5.93. The van der Waals surface area contributed by atoms with Crippen molar-refractivity contribution in [1.29, 1.82) is 0 Å². The summed E-state index contributed by atoms with van der Waals surface area (Å²) in [5.41, 5.74) is 6.28. The van der Waals surface area contributed by atoms with Crippen LogP contribution in [-0.2, 0) is 16.1 Å². The number of benzene rings is 2. The Kier molecular flexibility index (Phi) is 9.47. The van der Waals surface area contributed by atoms with Crippen LogP contribution < -0.4 is 19.6 Å². The maximum Gasteiger partial charge on any atom is 0.344 e. The molecule has 2 aromatic heterocycles. The number of nitrogens with zero attached hydrogens (tertiary/aromatic N) is 2. The monoisotopic (exact) mass is 559 g/mol. The van der Waals surface area contributed by atoms with Gasteiger partial charge in [0, 0.05) is 22.6 Å². The number of carbonyl (C=O) groups excluding carboxylic acids is 2. The normalized spacial score (nSPS) is 11.1. The van der Waals surface area contributed by atoms with Crippen molar-refractivity contribution < 1.29 is 33.0 Å². The lowest BCUT2D eigenvalue weighted by Gasteiger charge is -2.13. The summed E-state index contributed by atoms with van der Waals surface area (Å²) in [6, 6.07) is 20.3. The summed E-state index contributed by atoms with van der Waals surface area (Å²) in [6.07, 6.45) is 1.13. The highest BCUT2D eigenvalue weighted by Crippen LogP contribution is 2.30. The number of aromatic nitrogens is 1. The van der Waals surface area contributed by atoms with Gasteiger partial charge in [0.05, 0.1) is 19.4 Å². The van der Waals surface area contributed by atoms with E-state index in [0.29, 0.717) is 22.8 Å². The van der Waals surface area contributed by atoms with Crippen LogP contribution in [0.3, 0.4) is 0 Å². The number of para-hydroxylation sites is 1. The second-order valence-electron chi connectivity index (χ2n) is 9.41. The Hall–Kier alpha value is -4.99. The molecule has 214 valence electrons. The molecule has 1 amide bonds. The molecule has 0 bridgehead atoms. The van der Waals surface area contributed by atoms with E-state index in [1.54, 1.807) is 44.2 Å². The highest BCUT2D eigenvalue weighted by atomic mass is 16.6. The molecule has 0 aliphatic rings. The number of hydrogen-bond acceptors (Lipinski definition) is 8. The average molecular weight is 560 g/mol. The molecule has 0 saturated carbocycles. The number of aryl methyl sites for hydroxylation is 2. The molecule has 0 fully saturated rings. The van der Waals surface area contributed by atoms with Gasteiger partial charge >= 0.3 is 11.9 Å². The zero-order chi connectivity index (χ0) is 29.4. The minimum atomic E-state index is -0.541. The first-order chi connectivity index (χ1) is 19.7. The lowest BCUT2D eigenvalue weighted by Crippen LogP contribution is -2.19. The van der Waals surface area contributed by atoms with E-state index in [2.05, 4.69) is 41.1 Å². The van der Waals surface area contributed by atoms with E-state index in [4.69, 9.17) is 23.4 Å². The molecule has 0 aliphatic heterocycles. The molecule has 4 rings (SSSR count). The Bertz CT molecular complexity index is 1500. The first-order valence-corrected chi connectivity index (χ1v) is 13.0. The van der Waals surface area contributed by atoms with Gasteiger partial charge < -0.3 is 27.9 Å². The second kappa shape index (κ2) is 13.4. The molecule has 0 unspecified atom stereocenters. The van der Waals surface area contributed by atoms with Gasteiger partial charge in [-0.05, 0) is 88.4 Å². The molecule has 0 radical (unpaired) electrons. The van der Waals surface area contributed by atoms with E-state index >= 15 is 0 Å². The molecular formula is C31H33N3O7. The number of carbonyl (C=O) groups is 2. The van der Waals surface area contributed by atoms with Crippen molar-refractivity contribution in [2.75, 3.05) is 13.7 Å². The van der Waals surface area contributed by atoms with Gasteiger partial charge in [0.2, 0.25) is 0 Å². The summed E-state index contributed by atoms with van der Waals surface area (Å²) in [4.78, 5) is 24.5. The summed E-state index contributed by atoms with van der Waals surface area (Å²) in [5, 5.41) is 4.00. The summed E-state index contributed by atoms with van der Waals surface area (Å²) in [5.74, 6) is 0.872. The van der Waals surface area contributed by atoms with Crippen LogP contribution >= 0.6 is 0 Å². The molecule has 0 aliphatic carbocycles. The van der Waals surface area contributed by atoms with Crippen molar-refractivity contribution >= 4 is 18.1 Å². The first kappa shape index (κ1) is 29.0. The van der Waals surface area contributed by atoms with Gasteiger partial charge in [-0.1, -0.05) is 6.07 Å². The van der Waals surface area contributed by atoms with Crippen molar-refractivity contribution in [3.05, 3.63) is 95.2 Å². The lowest BCUT2D eigenvalue weighted by molar-refractivity contribution is -0.149. The molecule has 0 atom stereocenters. The number of ether oxygens (including phenoxy) is 4. The maximum absolute atomic E-state index is 12.6. The predicted octanol–water partition coefficient (Wildman–Crippen LogP) is 5.37. The number of hydrogen-bond donors (Lipinski definition) is 1. The van der Waals surface area contributed by atoms with E-state index < -0.39 is 11.9 Å². The molecule has 10 heteroatoms. The summed E-state index contributed by atoms with van der Waals surface area (Å²) in [6.45, 7) is 7.48. The molecule has 10 nitrogen and oxygen atoms in total. The van der Waals surface area contributed by atoms with Gasteiger partial charge in [0.1, 0.15) is 18.1 Å². The molecule has 2 aromatic carbocycles. The number of furan rings is 1. The molecule has 2 heterocycles. The number of methoxy groups -OCH3 is 1. The predicted molar refractivity (Wildman–Crippen MR) is 153 cm³/mol. The quantitative estimate of drug-likeness (QED) is 0.141. The van der Waals surface area contributed by atoms with Gasteiger partial charge in [-0.15, -0.1) is 0 Å². The van der Waals surface area contributed by atoms with Gasteiger partial charge in [-0.2, -0.15) is 5.10 Å². The molecule has 41 heavy (non-hydrogen) atoms. The first-order valence-electron chi connectivity index (χ1n) is 13.0. The fraction of sp³-hybridized carbons (Fsp3) is 0.258. The van der Waals surface area contributed by atoms with Crippen LogP contribution in [-0.4, -0.2) is 42.5 Å². The third-order valence-electron chi connectivity index (χ3n) is 5.93. The van der Waals surface area contributed by atoms with Gasteiger partial charge in [-0.25, -0.2) is 10.2 Å². The molecule has 0 saturated heterocycles. The van der Waals surface area contributed by atoms with Crippen molar-refractivity contribution in [2.45, 2.75) is 40.4 Å². The second-order valence-corrected chi connectivity index (χ2v) is 9.41. The zero-order valence-electron chi connectivity index (χ0n) is 23.7. The number of esters is 1. The summed E-state index contributed by atoms with van der Waals surface area (Å²) < 4.78 is 29.7. The van der Waals surface area contributed by atoms with Crippen LogP contribution in [0.25, 0.3) is 5.69 Å². The van der Waals surface area contributed by atoms with Crippen molar-refractivity contribution in [2.24, 2.45) is 5.10 Å².